The van der Waals surface area contributed by atoms with Gasteiger partial charge < -0.3 is 14.5 Å². The Morgan fingerprint density at radius 2 is 1.72 bits per heavy atom. The number of fused-ring (bicyclic) bond motifs is 1. The van der Waals surface area contributed by atoms with Crippen LogP contribution in [0.3, 0.4) is 0 Å². The van der Waals surface area contributed by atoms with E-state index in [1.807, 2.05) is 40.1 Å². The highest BCUT2D eigenvalue weighted by Crippen LogP contribution is 2.31. The Labute approximate surface area is 187 Å². The van der Waals surface area contributed by atoms with Gasteiger partial charge in [-0.1, -0.05) is 18.2 Å². The summed E-state index contributed by atoms with van der Waals surface area (Å²) in [5.41, 5.74) is 0.348. The Morgan fingerprint density at radius 3 is 2.47 bits per heavy atom. The largest absolute Gasteiger partial charge is 0.493 e. The molecule has 2 aromatic rings. The molecule has 0 aliphatic carbocycles. The molecule has 0 spiro atoms. The van der Waals surface area contributed by atoms with Crippen molar-refractivity contribution in [3.8, 4) is 5.75 Å². The van der Waals surface area contributed by atoms with E-state index >= 15 is 0 Å². The third-order valence-corrected chi connectivity index (χ3v) is 6.35. The van der Waals surface area contributed by atoms with E-state index in [1.165, 1.54) is 12.1 Å². The molecule has 170 valence electrons. The summed E-state index contributed by atoms with van der Waals surface area (Å²) in [7, 11) is 0. The number of carbonyl (C=O) groups excluding carboxylic acids is 2. The molecule has 2 amide bonds. The summed E-state index contributed by atoms with van der Waals surface area (Å²) in [6.07, 6.45) is 2.85. The molecule has 2 saturated heterocycles. The molecule has 0 N–H and O–H groups in total. The zero-order chi connectivity index (χ0) is 22.5. The number of hydrogen-bond acceptors (Lipinski definition) is 3. The molecule has 4 rings (SSSR count). The summed E-state index contributed by atoms with van der Waals surface area (Å²) in [6.45, 7) is 2.22. The summed E-state index contributed by atoms with van der Waals surface area (Å²) in [4.78, 5) is 29.3. The summed E-state index contributed by atoms with van der Waals surface area (Å²) in [5, 5.41) is 0. The lowest BCUT2D eigenvalue weighted by molar-refractivity contribution is -0.141. The quantitative estimate of drug-likeness (QED) is 0.684. The van der Waals surface area contributed by atoms with Crippen LogP contribution >= 0.6 is 0 Å². The number of ether oxygens (including phenoxy) is 1. The molecule has 2 aliphatic heterocycles. The monoisotopic (exact) mass is 442 g/mol. The first-order valence-corrected chi connectivity index (χ1v) is 11.2. The molecule has 0 aromatic heterocycles. The molecular weight excluding hydrogens is 414 g/mol. The number of carbonyl (C=O) groups is 2. The van der Waals surface area contributed by atoms with Gasteiger partial charge in [0.05, 0.1) is 19.4 Å². The SMILES string of the molecule is O=C(CCOc1ccccc1)N1CC[C@H]2[C@H](CCCN2C(=O)Cc2cc(F)cc(F)c2)C1. The van der Waals surface area contributed by atoms with Crippen LogP contribution in [0, 0.1) is 17.6 Å². The van der Waals surface area contributed by atoms with Gasteiger partial charge in [-0.3, -0.25) is 9.59 Å². The molecule has 0 radical (unpaired) electrons. The first kappa shape index (κ1) is 22.2. The van der Waals surface area contributed by atoms with Crippen molar-refractivity contribution in [3.05, 3.63) is 65.7 Å². The number of para-hydroxylation sites is 1. The highest BCUT2D eigenvalue weighted by Gasteiger charge is 2.39. The number of nitrogens with zero attached hydrogens (tertiary/aromatic N) is 2. The average Bonchev–Trinajstić information content (AvgIpc) is 2.78. The maximum absolute atomic E-state index is 13.5. The number of halogens is 2. The van der Waals surface area contributed by atoms with E-state index in [9.17, 15) is 18.4 Å². The third-order valence-electron chi connectivity index (χ3n) is 6.35. The van der Waals surface area contributed by atoms with Crippen molar-refractivity contribution in [3.63, 3.8) is 0 Å². The van der Waals surface area contributed by atoms with Gasteiger partial charge in [0.15, 0.2) is 0 Å². The second kappa shape index (κ2) is 10.1. The van der Waals surface area contributed by atoms with E-state index < -0.39 is 11.6 Å². The number of piperidine rings is 2. The molecule has 32 heavy (non-hydrogen) atoms. The normalized spacial score (nSPS) is 20.6. The fourth-order valence-corrected chi connectivity index (χ4v) is 4.86. The molecular formula is C25H28F2N2O3. The third kappa shape index (κ3) is 5.44. The van der Waals surface area contributed by atoms with Crippen molar-refractivity contribution in [2.75, 3.05) is 26.2 Å². The van der Waals surface area contributed by atoms with Gasteiger partial charge in [0.1, 0.15) is 17.4 Å². The van der Waals surface area contributed by atoms with Crippen LogP contribution in [0.15, 0.2) is 48.5 Å². The lowest BCUT2D eigenvalue weighted by Crippen LogP contribution is -2.57. The summed E-state index contributed by atoms with van der Waals surface area (Å²) in [5.74, 6) is -0.415. The van der Waals surface area contributed by atoms with E-state index in [4.69, 9.17) is 4.74 Å². The van der Waals surface area contributed by atoms with Crippen molar-refractivity contribution >= 4 is 11.8 Å². The number of hydrogen-bond donors (Lipinski definition) is 0. The summed E-state index contributed by atoms with van der Waals surface area (Å²) < 4.78 is 32.6. The zero-order valence-corrected chi connectivity index (χ0v) is 18.0. The van der Waals surface area contributed by atoms with Crippen LogP contribution in [0.5, 0.6) is 5.75 Å². The molecule has 0 bridgehead atoms. The Hall–Kier alpha value is -2.96. The Balaban J connectivity index is 1.30. The van der Waals surface area contributed by atoms with E-state index in [0.717, 1.165) is 31.1 Å². The van der Waals surface area contributed by atoms with Crippen molar-refractivity contribution < 1.29 is 23.1 Å². The summed E-state index contributed by atoms with van der Waals surface area (Å²) >= 11 is 0. The average molecular weight is 443 g/mol. The van der Waals surface area contributed by atoms with E-state index in [2.05, 4.69) is 0 Å². The lowest BCUT2D eigenvalue weighted by Gasteiger charge is -2.47. The number of benzene rings is 2. The lowest BCUT2D eigenvalue weighted by atomic mass is 9.83. The molecule has 0 unspecified atom stereocenters. The van der Waals surface area contributed by atoms with E-state index in [1.54, 1.807) is 0 Å². The molecule has 2 fully saturated rings. The van der Waals surface area contributed by atoms with Gasteiger partial charge in [-0.05, 0) is 55.0 Å². The van der Waals surface area contributed by atoms with Crippen LogP contribution in [-0.2, 0) is 16.0 Å². The topological polar surface area (TPSA) is 49.9 Å². The molecule has 7 heteroatoms. The molecule has 2 aliphatic rings. The summed E-state index contributed by atoms with van der Waals surface area (Å²) in [6, 6.07) is 12.7. The van der Waals surface area contributed by atoms with Crippen molar-refractivity contribution in [2.45, 2.75) is 38.1 Å². The van der Waals surface area contributed by atoms with Gasteiger partial charge in [-0.15, -0.1) is 0 Å². The van der Waals surface area contributed by atoms with E-state index in [-0.39, 0.29) is 30.2 Å². The minimum Gasteiger partial charge on any atom is -0.493 e. The first-order valence-electron chi connectivity index (χ1n) is 11.2. The Bertz CT molecular complexity index is 933. The van der Waals surface area contributed by atoms with Gasteiger partial charge in [0.25, 0.3) is 0 Å². The van der Waals surface area contributed by atoms with Gasteiger partial charge in [-0.2, -0.15) is 0 Å². The fourth-order valence-electron chi connectivity index (χ4n) is 4.86. The van der Waals surface area contributed by atoms with Crippen LogP contribution in [0.1, 0.15) is 31.2 Å². The maximum Gasteiger partial charge on any atom is 0.227 e. The van der Waals surface area contributed by atoms with Crippen molar-refractivity contribution in [2.24, 2.45) is 5.92 Å². The molecule has 2 atom stereocenters. The van der Waals surface area contributed by atoms with Crippen molar-refractivity contribution in [1.82, 2.24) is 9.80 Å². The zero-order valence-electron chi connectivity index (χ0n) is 18.0. The number of amides is 2. The highest BCUT2D eigenvalue weighted by atomic mass is 19.1. The van der Waals surface area contributed by atoms with Gasteiger partial charge in [0.2, 0.25) is 11.8 Å². The van der Waals surface area contributed by atoms with Gasteiger partial charge in [-0.25, -0.2) is 8.78 Å². The minimum atomic E-state index is -0.674. The van der Waals surface area contributed by atoms with Gasteiger partial charge in [0, 0.05) is 31.7 Å². The predicted octanol–water partition coefficient (Wildman–Crippen LogP) is 3.82. The smallest absolute Gasteiger partial charge is 0.227 e. The van der Waals surface area contributed by atoms with Gasteiger partial charge >= 0.3 is 0 Å². The second-order valence-corrected chi connectivity index (χ2v) is 8.55. The second-order valence-electron chi connectivity index (χ2n) is 8.55. The highest BCUT2D eigenvalue weighted by molar-refractivity contribution is 5.79. The standard InChI is InChI=1S/C25H28F2N2O3/c26-20-13-18(14-21(27)16-20)15-25(31)29-10-4-5-19-17-28(11-8-23(19)29)24(30)9-12-32-22-6-2-1-3-7-22/h1-3,6-7,13-14,16,19,23H,4-5,8-12,15,17H2/t19-,23+/m1/s1. The number of rotatable bonds is 6. The van der Waals surface area contributed by atoms with Crippen LogP contribution < -0.4 is 4.74 Å². The Kier molecular flexibility index (Phi) is 7.02. The van der Waals surface area contributed by atoms with Crippen LogP contribution in [0.25, 0.3) is 0 Å². The minimum absolute atomic E-state index is 0.0165. The van der Waals surface area contributed by atoms with Crippen LogP contribution in [0.2, 0.25) is 0 Å². The fraction of sp³-hybridized carbons (Fsp3) is 0.440. The molecule has 2 aromatic carbocycles. The molecule has 5 nitrogen and oxygen atoms in total. The van der Waals surface area contributed by atoms with Crippen molar-refractivity contribution in [1.29, 1.82) is 0 Å². The molecule has 0 saturated carbocycles. The van der Waals surface area contributed by atoms with Crippen LogP contribution in [-0.4, -0.2) is 53.9 Å². The number of likely N-dealkylation sites (tertiary alicyclic amines) is 2. The maximum atomic E-state index is 13.5. The van der Waals surface area contributed by atoms with Crippen LogP contribution in [0.4, 0.5) is 8.78 Å². The molecule has 2 heterocycles. The Morgan fingerprint density at radius 1 is 0.969 bits per heavy atom. The predicted molar refractivity (Wildman–Crippen MR) is 116 cm³/mol. The first-order chi connectivity index (χ1) is 15.5. The van der Waals surface area contributed by atoms with E-state index in [0.29, 0.717) is 38.2 Å².